The third-order valence-corrected chi connectivity index (χ3v) is 11.0. The van der Waals surface area contributed by atoms with E-state index in [1.165, 1.54) is 7.11 Å². The number of amides is 2. The highest BCUT2D eigenvalue weighted by atomic mass is 35.5. The minimum atomic E-state index is -1.12. The summed E-state index contributed by atoms with van der Waals surface area (Å²) in [5.74, 6) is -2.99. The van der Waals surface area contributed by atoms with Crippen LogP contribution in [0.5, 0.6) is 11.5 Å². The Morgan fingerprint density at radius 2 is 1.70 bits per heavy atom. The van der Waals surface area contributed by atoms with Gasteiger partial charge in [-0.05, 0) is 74.3 Å². The van der Waals surface area contributed by atoms with Gasteiger partial charge in [0.25, 0.3) is 0 Å². The van der Waals surface area contributed by atoms with Crippen LogP contribution in [0.15, 0.2) is 34.9 Å². The minimum absolute atomic E-state index is 0.0571. The van der Waals surface area contributed by atoms with Crippen LogP contribution in [0.1, 0.15) is 77.2 Å². The quantitative estimate of drug-likeness (QED) is 0.382. The molecule has 3 fully saturated rings. The predicted octanol–water partition coefficient (Wildman–Crippen LogP) is 5.53. The molecule has 6 atom stereocenters. The maximum absolute atomic E-state index is 14.1. The number of fused-ring (bicyclic) bond motifs is 4. The number of nitrogens with zero attached hydrogens (tertiary/aromatic N) is 1. The number of rotatable bonds is 3. The van der Waals surface area contributed by atoms with Gasteiger partial charge >= 0.3 is 0 Å². The molecule has 1 saturated heterocycles. The molecule has 40 heavy (non-hydrogen) atoms. The van der Waals surface area contributed by atoms with Gasteiger partial charge in [-0.15, -0.1) is 0 Å². The van der Waals surface area contributed by atoms with Crippen LogP contribution < -0.4 is 4.74 Å². The molecule has 1 aromatic rings. The molecule has 4 aliphatic carbocycles. The number of imide groups is 1. The lowest BCUT2D eigenvalue weighted by atomic mass is 9.46. The van der Waals surface area contributed by atoms with Crippen molar-refractivity contribution in [3.8, 4) is 11.5 Å². The number of ketones is 2. The summed E-state index contributed by atoms with van der Waals surface area (Å²) < 4.78 is 5.41. The number of Topliss-reactive ketones (excluding diaryl/α,β-unsaturated/α-hetero) is 2. The Morgan fingerprint density at radius 3 is 2.38 bits per heavy atom. The fourth-order valence-corrected chi connectivity index (χ4v) is 8.82. The number of likely N-dealkylation sites (tertiary alicyclic amines) is 1. The molecule has 212 valence electrons. The Morgan fingerprint density at radius 1 is 1.00 bits per heavy atom. The highest BCUT2D eigenvalue weighted by Gasteiger charge is 2.64. The van der Waals surface area contributed by atoms with Crippen LogP contribution in [0.3, 0.4) is 0 Å². The number of phenolic OH excluding ortho intramolecular Hbond substituents is 1. The number of halogens is 1. The molecule has 1 N–H and O–H groups in total. The summed E-state index contributed by atoms with van der Waals surface area (Å²) in [6.45, 7) is 5.26. The van der Waals surface area contributed by atoms with Gasteiger partial charge in [-0.2, -0.15) is 0 Å². The Balaban J connectivity index is 1.51. The predicted molar refractivity (Wildman–Crippen MR) is 149 cm³/mol. The Labute approximate surface area is 239 Å². The van der Waals surface area contributed by atoms with E-state index in [1.54, 1.807) is 30.9 Å². The van der Waals surface area contributed by atoms with E-state index in [-0.39, 0.29) is 51.9 Å². The monoisotopic (exact) mass is 565 g/mol. The average molecular weight is 566 g/mol. The van der Waals surface area contributed by atoms with E-state index in [2.05, 4.69) is 0 Å². The SMILES string of the molecule is COc1cc([C@H]2C3=CC[C@@H]4C(=O)N(C5CCCCC5)C(=O)[C@@H]4[C@@H]3C[C@H]3C(=O)C(C)=C(C)C(=O)[C@@]23C)cc(Cl)c1O. The smallest absolute Gasteiger partial charge is 0.233 e. The molecule has 0 bridgehead atoms. The molecule has 1 aromatic carbocycles. The fourth-order valence-electron chi connectivity index (χ4n) is 8.60. The second kappa shape index (κ2) is 9.57. The van der Waals surface area contributed by atoms with Gasteiger partial charge in [0.1, 0.15) is 0 Å². The first-order valence-electron chi connectivity index (χ1n) is 14.4. The Bertz CT molecular complexity index is 1400. The molecular weight excluding hydrogens is 530 g/mol. The Hall–Kier alpha value is -2.93. The highest BCUT2D eigenvalue weighted by Crippen LogP contribution is 2.63. The van der Waals surface area contributed by atoms with Crippen molar-refractivity contribution in [2.75, 3.05) is 7.11 Å². The van der Waals surface area contributed by atoms with Crippen LogP contribution in [-0.2, 0) is 19.2 Å². The number of aromatic hydroxyl groups is 1. The third-order valence-electron chi connectivity index (χ3n) is 10.7. The van der Waals surface area contributed by atoms with Gasteiger partial charge in [-0.1, -0.05) is 49.4 Å². The van der Waals surface area contributed by atoms with Crippen molar-refractivity contribution in [3.05, 3.63) is 45.5 Å². The van der Waals surface area contributed by atoms with Crippen LogP contribution in [0.4, 0.5) is 0 Å². The average Bonchev–Trinajstić information content (AvgIpc) is 3.21. The molecule has 6 rings (SSSR count). The number of hydrogen-bond acceptors (Lipinski definition) is 6. The van der Waals surface area contributed by atoms with Crippen molar-refractivity contribution in [1.82, 2.24) is 4.90 Å². The summed E-state index contributed by atoms with van der Waals surface area (Å²) in [5, 5.41) is 10.6. The number of carbonyl (C=O) groups is 4. The molecule has 0 radical (unpaired) electrons. The maximum atomic E-state index is 14.1. The molecular formula is C32H36ClNO6. The fraction of sp³-hybridized carbons (Fsp3) is 0.562. The number of methoxy groups -OCH3 is 1. The number of hydrogen-bond donors (Lipinski definition) is 1. The third kappa shape index (κ3) is 3.62. The van der Waals surface area contributed by atoms with Crippen LogP contribution in [0.25, 0.3) is 0 Å². The molecule has 5 aliphatic rings. The van der Waals surface area contributed by atoms with Crippen molar-refractivity contribution < 1.29 is 29.0 Å². The van der Waals surface area contributed by atoms with E-state index >= 15 is 0 Å². The van der Waals surface area contributed by atoms with Crippen molar-refractivity contribution in [2.45, 2.75) is 77.7 Å². The number of benzene rings is 1. The van der Waals surface area contributed by atoms with Crippen molar-refractivity contribution >= 4 is 35.0 Å². The van der Waals surface area contributed by atoms with Crippen molar-refractivity contribution in [1.29, 1.82) is 0 Å². The van der Waals surface area contributed by atoms with Gasteiger partial charge in [0.15, 0.2) is 23.1 Å². The zero-order chi connectivity index (χ0) is 28.7. The van der Waals surface area contributed by atoms with Gasteiger partial charge in [0.05, 0.1) is 29.4 Å². The first-order chi connectivity index (χ1) is 19.0. The Kier molecular flexibility index (Phi) is 6.52. The van der Waals surface area contributed by atoms with E-state index in [0.29, 0.717) is 29.6 Å². The molecule has 0 spiro atoms. The summed E-state index contributed by atoms with van der Waals surface area (Å²) in [6, 6.07) is 3.26. The van der Waals surface area contributed by atoms with Crippen molar-refractivity contribution in [2.24, 2.45) is 29.1 Å². The lowest BCUT2D eigenvalue weighted by Crippen LogP contribution is -2.55. The van der Waals surface area contributed by atoms with Gasteiger partial charge < -0.3 is 9.84 Å². The van der Waals surface area contributed by atoms with Gasteiger partial charge in [-0.3, -0.25) is 24.1 Å². The standard InChI is InChI=1S/C32H36ClNO6/c1-15-16(2)29(37)32(3)22(27(15)35)14-21-19(26(32)17-12-23(33)28(36)24(13-17)40-4)10-11-20-25(21)31(39)34(30(20)38)18-8-6-5-7-9-18/h10,12-13,18,20-22,25-26,36H,5-9,11,14H2,1-4H3/t20-,21+,22-,25-,26-,32+/m0/s1. The van der Waals surface area contributed by atoms with Crippen LogP contribution in [0.2, 0.25) is 5.02 Å². The number of phenols is 1. The molecule has 7 nitrogen and oxygen atoms in total. The normalized spacial score (nSPS) is 34.5. The first-order valence-corrected chi connectivity index (χ1v) is 14.8. The zero-order valence-electron chi connectivity index (χ0n) is 23.5. The molecule has 2 saturated carbocycles. The largest absolute Gasteiger partial charge is 0.503 e. The summed E-state index contributed by atoms with van der Waals surface area (Å²) in [4.78, 5) is 57.3. The van der Waals surface area contributed by atoms with Gasteiger partial charge in [0.2, 0.25) is 11.8 Å². The minimum Gasteiger partial charge on any atom is -0.503 e. The summed E-state index contributed by atoms with van der Waals surface area (Å²) in [5.41, 5.74) is 1.36. The van der Waals surface area contributed by atoms with Crippen LogP contribution in [-0.4, -0.2) is 46.5 Å². The lowest BCUT2D eigenvalue weighted by molar-refractivity contribution is -0.144. The number of carbonyl (C=O) groups excluding carboxylic acids is 4. The molecule has 8 heteroatoms. The van der Waals surface area contributed by atoms with E-state index in [9.17, 15) is 24.3 Å². The molecule has 0 aromatic heterocycles. The number of allylic oxidation sites excluding steroid dienone is 4. The van der Waals surface area contributed by atoms with E-state index in [4.69, 9.17) is 16.3 Å². The first kappa shape index (κ1) is 27.3. The second-order valence-corrected chi connectivity index (χ2v) is 12.9. The van der Waals surface area contributed by atoms with Crippen LogP contribution >= 0.6 is 11.6 Å². The maximum Gasteiger partial charge on any atom is 0.233 e. The lowest BCUT2D eigenvalue weighted by Gasteiger charge is -2.54. The zero-order valence-corrected chi connectivity index (χ0v) is 24.2. The van der Waals surface area contributed by atoms with Crippen molar-refractivity contribution in [3.63, 3.8) is 0 Å². The van der Waals surface area contributed by atoms with E-state index in [1.807, 2.05) is 13.0 Å². The number of ether oxygens (including phenoxy) is 1. The molecule has 1 aliphatic heterocycles. The highest BCUT2D eigenvalue weighted by molar-refractivity contribution is 6.32. The summed E-state index contributed by atoms with van der Waals surface area (Å²) in [6.07, 6.45) is 7.63. The van der Waals surface area contributed by atoms with E-state index < -0.39 is 29.1 Å². The van der Waals surface area contributed by atoms with Gasteiger partial charge in [0, 0.05) is 17.9 Å². The molecule has 2 amide bonds. The summed E-state index contributed by atoms with van der Waals surface area (Å²) in [7, 11) is 1.43. The molecule has 1 heterocycles. The second-order valence-electron chi connectivity index (χ2n) is 12.5. The molecule has 0 unspecified atom stereocenters. The van der Waals surface area contributed by atoms with E-state index in [0.717, 1.165) is 37.7 Å². The topological polar surface area (TPSA) is 101 Å². The van der Waals surface area contributed by atoms with Crippen LogP contribution in [0, 0.1) is 29.1 Å². The summed E-state index contributed by atoms with van der Waals surface area (Å²) >= 11 is 6.45. The van der Waals surface area contributed by atoms with Gasteiger partial charge in [-0.25, -0.2) is 0 Å².